The zero-order valence-corrected chi connectivity index (χ0v) is 14.8. The number of piperazine rings is 1. The second-order valence-corrected chi connectivity index (χ2v) is 6.44. The average Bonchev–Trinajstić information content (AvgIpc) is 2.58. The highest BCUT2D eigenvalue weighted by atomic mass is 79.9. The molecule has 1 aliphatic rings. The maximum absolute atomic E-state index is 12.4. The van der Waals surface area contributed by atoms with Crippen LogP contribution < -0.4 is 10.1 Å². The van der Waals surface area contributed by atoms with Crippen LogP contribution in [0.4, 0.5) is 13.2 Å². The number of aromatic nitrogens is 1. The van der Waals surface area contributed by atoms with Crippen LogP contribution in [-0.4, -0.2) is 42.4 Å². The predicted molar refractivity (Wildman–Crippen MR) is 91.3 cm³/mol. The van der Waals surface area contributed by atoms with Crippen LogP contribution in [0.1, 0.15) is 17.2 Å². The van der Waals surface area contributed by atoms with E-state index in [-0.39, 0.29) is 11.8 Å². The summed E-state index contributed by atoms with van der Waals surface area (Å²) in [4.78, 5) is 6.58. The molecule has 1 aliphatic heterocycles. The van der Waals surface area contributed by atoms with Crippen molar-refractivity contribution in [2.24, 2.45) is 0 Å². The number of alkyl halides is 3. The van der Waals surface area contributed by atoms with Gasteiger partial charge in [0.25, 0.3) is 0 Å². The Morgan fingerprint density at radius 1 is 1.12 bits per heavy atom. The topological polar surface area (TPSA) is 37.4 Å². The molecule has 1 saturated heterocycles. The van der Waals surface area contributed by atoms with E-state index >= 15 is 0 Å². The lowest BCUT2D eigenvalue weighted by Crippen LogP contribution is -2.45. The molecule has 0 saturated carbocycles. The summed E-state index contributed by atoms with van der Waals surface area (Å²) in [6.45, 7) is 3.41. The zero-order chi connectivity index (χ0) is 17.9. The van der Waals surface area contributed by atoms with E-state index in [1.807, 2.05) is 12.1 Å². The number of nitrogens with one attached hydrogen (secondary N) is 1. The van der Waals surface area contributed by atoms with Gasteiger partial charge >= 0.3 is 6.36 Å². The van der Waals surface area contributed by atoms with Crippen molar-refractivity contribution < 1.29 is 17.9 Å². The normalized spacial score (nSPS) is 17.3. The van der Waals surface area contributed by atoms with Crippen LogP contribution in [0.25, 0.3) is 0 Å². The van der Waals surface area contributed by atoms with Crippen LogP contribution in [0.3, 0.4) is 0 Å². The second kappa shape index (κ2) is 7.72. The molecule has 1 aromatic heterocycles. The Balaban J connectivity index is 1.93. The van der Waals surface area contributed by atoms with Gasteiger partial charge in [-0.1, -0.05) is 18.2 Å². The van der Waals surface area contributed by atoms with Gasteiger partial charge in [0.2, 0.25) is 0 Å². The zero-order valence-electron chi connectivity index (χ0n) is 13.3. The number of halogens is 4. The standard InChI is InChI=1S/C17H17BrF3N3O/c18-16-14(2-1-7-23-16)15(24-10-8-22-9-11-24)12-3-5-13(6-4-12)25-17(19,20)21/h1-7,15,22H,8-11H2/t15-/m1/s1. The molecule has 3 rings (SSSR count). The van der Waals surface area contributed by atoms with Crippen molar-refractivity contribution in [2.45, 2.75) is 12.4 Å². The summed E-state index contributed by atoms with van der Waals surface area (Å²) in [5.41, 5.74) is 1.87. The van der Waals surface area contributed by atoms with Gasteiger partial charge in [-0.05, 0) is 39.7 Å². The van der Waals surface area contributed by atoms with E-state index in [1.165, 1.54) is 12.1 Å². The van der Waals surface area contributed by atoms with E-state index in [2.05, 4.69) is 35.9 Å². The maximum Gasteiger partial charge on any atom is 0.573 e. The van der Waals surface area contributed by atoms with Crippen LogP contribution in [-0.2, 0) is 0 Å². The highest BCUT2D eigenvalue weighted by Crippen LogP contribution is 2.34. The quantitative estimate of drug-likeness (QED) is 0.771. The third-order valence-corrected chi connectivity index (χ3v) is 4.69. The Morgan fingerprint density at radius 2 is 1.80 bits per heavy atom. The van der Waals surface area contributed by atoms with Crippen molar-refractivity contribution in [3.05, 3.63) is 58.3 Å². The lowest BCUT2D eigenvalue weighted by atomic mass is 9.97. The largest absolute Gasteiger partial charge is 0.573 e. The number of hydrogen-bond acceptors (Lipinski definition) is 4. The van der Waals surface area contributed by atoms with Crippen molar-refractivity contribution in [2.75, 3.05) is 26.2 Å². The van der Waals surface area contributed by atoms with Crippen LogP contribution in [0.5, 0.6) is 5.75 Å². The predicted octanol–water partition coefficient (Wildman–Crippen LogP) is 3.74. The molecule has 4 nitrogen and oxygen atoms in total. The highest BCUT2D eigenvalue weighted by Gasteiger charge is 2.31. The molecule has 0 amide bonds. The summed E-state index contributed by atoms with van der Waals surface area (Å²) in [5, 5.41) is 3.31. The van der Waals surface area contributed by atoms with Crippen molar-refractivity contribution in [3.8, 4) is 5.75 Å². The Labute approximate surface area is 152 Å². The van der Waals surface area contributed by atoms with E-state index in [0.717, 1.165) is 41.9 Å². The molecule has 134 valence electrons. The first kappa shape index (κ1) is 18.2. The lowest BCUT2D eigenvalue weighted by Gasteiger charge is -2.35. The molecule has 1 N–H and O–H groups in total. The van der Waals surface area contributed by atoms with E-state index < -0.39 is 6.36 Å². The SMILES string of the molecule is FC(F)(F)Oc1ccc([C@H](c2cccnc2Br)N2CCNCC2)cc1. The van der Waals surface area contributed by atoms with Gasteiger partial charge in [0, 0.05) is 37.9 Å². The van der Waals surface area contributed by atoms with Gasteiger partial charge in [-0.15, -0.1) is 13.2 Å². The fourth-order valence-corrected chi connectivity index (χ4v) is 3.45. The number of hydrogen-bond donors (Lipinski definition) is 1. The number of benzene rings is 1. The molecule has 25 heavy (non-hydrogen) atoms. The average molecular weight is 416 g/mol. The molecule has 0 unspecified atom stereocenters. The summed E-state index contributed by atoms with van der Waals surface area (Å²) in [6.07, 6.45) is -2.99. The van der Waals surface area contributed by atoms with Gasteiger partial charge in [0.15, 0.2) is 0 Å². The molecule has 0 aliphatic carbocycles. The Hall–Kier alpha value is -1.64. The van der Waals surface area contributed by atoms with Gasteiger partial charge < -0.3 is 10.1 Å². The minimum atomic E-state index is -4.69. The molecule has 8 heteroatoms. The van der Waals surface area contributed by atoms with Crippen molar-refractivity contribution in [1.82, 2.24) is 15.2 Å². The lowest BCUT2D eigenvalue weighted by molar-refractivity contribution is -0.274. The van der Waals surface area contributed by atoms with Gasteiger partial charge in [0.1, 0.15) is 10.4 Å². The number of nitrogens with zero attached hydrogens (tertiary/aromatic N) is 2. The minimum absolute atomic E-state index is 0.0925. The molecule has 2 aromatic rings. The smallest absolute Gasteiger partial charge is 0.406 e. The summed E-state index contributed by atoms with van der Waals surface area (Å²) < 4.78 is 41.8. The Kier molecular flexibility index (Phi) is 5.61. The number of ether oxygens (including phenoxy) is 1. The Bertz CT molecular complexity index is 703. The summed E-state index contributed by atoms with van der Waals surface area (Å²) in [7, 11) is 0. The molecule has 2 heterocycles. The molecule has 1 atom stereocenters. The fraction of sp³-hybridized carbons (Fsp3) is 0.353. The first-order valence-corrected chi connectivity index (χ1v) is 8.64. The highest BCUT2D eigenvalue weighted by molar-refractivity contribution is 9.10. The molecular formula is C17H17BrF3N3O. The third kappa shape index (κ3) is 4.71. The Morgan fingerprint density at radius 3 is 2.40 bits per heavy atom. The summed E-state index contributed by atoms with van der Waals surface area (Å²) in [5.74, 6) is -0.222. The van der Waals surface area contributed by atoms with Crippen molar-refractivity contribution in [3.63, 3.8) is 0 Å². The monoisotopic (exact) mass is 415 g/mol. The van der Waals surface area contributed by atoms with E-state index in [0.29, 0.717) is 0 Å². The van der Waals surface area contributed by atoms with Crippen LogP contribution in [0, 0.1) is 0 Å². The van der Waals surface area contributed by atoms with Crippen LogP contribution in [0.15, 0.2) is 47.2 Å². The second-order valence-electron chi connectivity index (χ2n) is 5.69. The van der Waals surface area contributed by atoms with Gasteiger partial charge in [-0.2, -0.15) is 0 Å². The number of rotatable bonds is 4. The van der Waals surface area contributed by atoms with E-state index in [9.17, 15) is 13.2 Å². The molecule has 1 aromatic carbocycles. The van der Waals surface area contributed by atoms with Crippen molar-refractivity contribution in [1.29, 1.82) is 0 Å². The van der Waals surface area contributed by atoms with Crippen LogP contribution >= 0.6 is 15.9 Å². The van der Waals surface area contributed by atoms with Gasteiger partial charge in [-0.25, -0.2) is 4.98 Å². The first-order chi connectivity index (χ1) is 11.9. The summed E-state index contributed by atoms with van der Waals surface area (Å²) in [6, 6.07) is 9.79. The summed E-state index contributed by atoms with van der Waals surface area (Å²) >= 11 is 3.49. The first-order valence-electron chi connectivity index (χ1n) is 7.85. The molecule has 1 fully saturated rings. The van der Waals surface area contributed by atoms with Gasteiger partial charge in [-0.3, -0.25) is 4.90 Å². The van der Waals surface area contributed by atoms with Gasteiger partial charge in [0.05, 0.1) is 6.04 Å². The van der Waals surface area contributed by atoms with E-state index in [4.69, 9.17) is 0 Å². The molecule has 0 bridgehead atoms. The molecule has 0 spiro atoms. The fourth-order valence-electron chi connectivity index (χ4n) is 2.98. The minimum Gasteiger partial charge on any atom is -0.406 e. The molecular weight excluding hydrogens is 399 g/mol. The molecule has 0 radical (unpaired) electrons. The number of pyridine rings is 1. The van der Waals surface area contributed by atoms with E-state index in [1.54, 1.807) is 18.3 Å². The maximum atomic E-state index is 12.4. The van der Waals surface area contributed by atoms with Crippen LogP contribution in [0.2, 0.25) is 0 Å². The third-order valence-electron chi connectivity index (χ3n) is 4.03. The van der Waals surface area contributed by atoms with Crippen molar-refractivity contribution >= 4 is 15.9 Å².